The molecule has 1 N–H and O–H groups in total. The molecule has 0 spiro atoms. The number of benzene rings is 1. The van der Waals surface area contributed by atoms with Crippen LogP contribution in [0.1, 0.15) is 49.8 Å². The van der Waals surface area contributed by atoms with Crippen molar-refractivity contribution in [1.82, 2.24) is 5.32 Å². The van der Waals surface area contributed by atoms with Crippen LogP contribution in [0.2, 0.25) is 0 Å². The second-order valence-electron chi connectivity index (χ2n) is 7.41. The summed E-state index contributed by atoms with van der Waals surface area (Å²) >= 11 is 0. The zero-order valence-electron chi connectivity index (χ0n) is 12.8. The molecule has 108 valence electrons. The second-order valence-corrected chi connectivity index (χ2v) is 7.41. The lowest BCUT2D eigenvalue weighted by molar-refractivity contribution is 0.370. The molecule has 0 heterocycles. The van der Waals surface area contributed by atoms with E-state index < -0.39 is 0 Å². The third-order valence-corrected chi connectivity index (χ3v) is 6.23. The van der Waals surface area contributed by atoms with E-state index in [-0.39, 0.29) is 0 Å². The van der Waals surface area contributed by atoms with Crippen molar-refractivity contribution in [3.05, 3.63) is 35.4 Å². The summed E-state index contributed by atoms with van der Waals surface area (Å²) in [7, 11) is 0. The number of hydrogen-bond donors (Lipinski definition) is 1. The number of nitrogens with one attached hydrogen (secondary N) is 1. The van der Waals surface area contributed by atoms with E-state index in [4.69, 9.17) is 0 Å². The summed E-state index contributed by atoms with van der Waals surface area (Å²) in [5, 5.41) is 3.86. The summed E-state index contributed by atoms with van der Waals surface area (Å²) in [6.07, 6.45) is 5.84. The molecule has 5 unspecified atom stereocenters. The topological polar surface area (TPSA) is 12.0 Å². The van der Waals surface area contributed by atoms with Crippen molar-refractivity contribution in [2.45, 2.75) is 45.6 Å². The van der Waals surface area contributed by atoms with Crippen LogP contribution < -0.4 is 5.32 Å². The minimum Gasteiger partial charge on any atom is -0.310 e. The molecule has 0 radical (unpaired) electrons. The van der Waals surface area contributed by atoms with E-state index in [9.17, 15) is 0 Å². The zero-order chi connectivity index (χ0) is 13.7. The van der Waals surface area contributed by atoms with Crippen LogP contribution in [0.3, 0.4) is 0 Å². The molecule has 1 aromatic carbocycles. The summed E-state index contributed by atoms with van der Waals surface area (Å²) in [5.74, 6) is 5.21. The first kappa shape index (κ1) is 12.9. The molecule has 4 rings (SSSR count). The van der Waals surface area contributed by atoms with Crippen LogP contribution in [0, 0.1) is 36.5 Å². The van der Waals surface area contributed by atoms with Gasteiger partial charge in [-0.2, -0.15) is 0 Å². The predicted molar refractivity (Wildman–Crippen MR) is 83.5 cm³/mol. The molecular formula is C19H27N. The van der Waals surface area contributed by atoms with Gasteiger partial charge < -0.3 is 5.32 Å². The van der Waals surface area contributed by atoms with Gasteiger partial charge in [0.05, 0.1) is 0 Å². The molecular weight excluding hydrogens is 242 g/mol. The maximum atomic E-state index is 3.86. The van der Waals surface area contributed by atoms with Crippen molar-refractivity contribution in [2.75, 3.05) is 6.54 Å². The summed E-state index contributed by atoms with van der Waals surface area (Å²) in [4.78, 5) is 0. The van der Waals surface area contributed by atoms with Crippen LogP contribution in [0.25, 0.3) is 0 Å². The largest absolute Gasteiger partial charge is 0.310 e. The SMILES string of the molecule is CCCNC(c1ccc(C)cc1)C1C2C3CCC(C3)C21. The third-order valence-electron chi connectivity index (χ3n) is 6.23. The average Bonchev–Trinajstić information content (AvgIpc) is 2.88. The van der Waals surface area contributed by atoms with Crippen LogP contribution in [-0.4, -0.2) is 6.54 Å². The van der Waals surface area contributed by atoms with Crippen molar-refractivity contribution in [1.29, 1.82) is 0 Å². The van der Waals surface area contributed by atoms with Gasteiger partial charge in [0.1, 0.15) is 0 Å². The standard InChI is InChI=1S/C19H27N/c1-3-10-20-19(13-6-4-12(2)5-7-13)18-16-14-8-9-15(11-14)17(16)18/h4-7,14-20H,3,8-11H2,1-2H3. The number of rotatable bonds is 5. The lowest BCUT2D eigenvalue weighted by Crippen LogP contribution is -2.26. The minimum absolute atomic E-state index is 0.619. The summed E-state index contributed by atoms with van der Waals surface area (Å²) in [6.45, 7) is 5.62. The molecule has 1 nitrogen and oxygen atoms in total. The Bertz CT molecular complexity index is 461. The summed E-state index contributed by atoms with van der Waals surface area (Å²) in [5.41, 5.74) is 2.90. The Morgan fingerprint density at radius 3 is 2.35 bits per heavy atom. The van der Waals surface area contributed by atoms with E-state index in [0.717, 1.165) is 36.1 Å². The molecule has 3 aliphatic carbocycles. The van der Waals surface area contributed by atoms with Crippen molar-refractivity contribution < 1.29 is 0 Å². The van der Waals surface area contributed by atoms with Gasteiger partial charge in [-0.1, -0.05) is 36.8 Å². The maximum Gasteiger partial charge on any atom is 0.0354 e. The molecule has 3 fully saturated rings. The highest BCUT2D eigenvalue weighted by molar-refractivity contribution is 5.28. The highest BCUT2D eigenvalue weighted by Gasteiger charge is 2.66. The highest BCUT2D eigenvalue weighted by Crippen LogP contribution is 2.72. The lowest BCUT2D eigenvalue weighted by atomic mass is 9.92. The van der Waals surface area contributed by atoms with E-state index >= 15 is 0 Å². The Morgan fingerprint density at radius 2 is 1.75 bits per heavy atom. The average molecular weight is 269 g/mol. The minimum atomic E-state index is 0.619. The van der Waals surface area contributed by atoms with Crippen LogP contribution in [0.4, 0.5) is 0 Å². The van der Waals surface area contributed by atoms with E-state index in [2.05, 4.69) is 43.4 Å². The van der Waals surface area contributed by atoms with E-state index in [1.807, 2.05) is 0 Å². The first-order valence-electron chi connectivity index (χ1n) is 8.59. The molecule has 3 aliphatic rings. The first-order valence-corrected chi connectivity index (χ1v) is 8.59. The van der Waals surface area contributed by atoms with E-state index in [1.165, 1.54) is 30.4 Å². The van der Waals surface area contributed by atoms with E-state index in [1.54, 1.807) is 6.42 Å². The zero-order valence-corrected chi connectivity index (χ0v) is 12.8. The fourth-order valence-corrected chi connectivity index (χ4v) is 5.39. The molecule has 2 bridgehead atoms. The predicted octanol–water partition coefficient (Wildman–Crippen LogP) is 4.33. The van der Waals surface area contributed by atoms with Crippen molar-refractivity contribution in [3.63, 3.8) is 0 Å². The number of fused-ring (bicyclic) bond motifs is 5. The van der Waals surface area contributed by atoms with Gasteiger partial charge in [-0.3, -0.25) is 0 Å². The summed E-state index contributed by atoms with van der Waals surface area (Å²) in [6, 6.07) is 9.90. The normalized spacial score (nSPS) is 38.8. The van der Waals surface area contributed by atoms with Gasteiger partial charge in [-0.05, 0) is 74.3 Å². The van der Waals surface area contributed by atoms with Crippen molar-refractivity contribution in [2.24, 2.45) is 29.6 Å². The monoisotopic (exact) mass is 269 g/mol. The van der Waals surface area contributed by atoms with Gasteiger partial charge in [0.2, 0.25) is 0 Å². The van der Waals surface area contributed by atoms with Gasteiger partial charge in [0, 0.05) is 6.04 Å². The Balaban J connectivity index is 1.56. The third kappa shape index (κ3) is 1.94. The Hall–Kier alpha value is -0.820. The molecule has 0 aromatic heterocycles. The fourth-order valence-electron chi connectivity index (χ4n) is 5.39. The van der Waals surface area contributed by atoms with Gasteiger partial charge in [0.15, 0.2) is 0 Å². The maximum absolute atomic E-state index is 3.86. The van der Waals surface area contributed by atoms with Crippen molar-refractivity contribution >= 4 is 0 Å². The van der Waals surface area contributed by atoms with Gasteiger partial charge in [-0.25, -0.2) is 0 Å². The number of aryl methyl sites for hydroxylation is 1. The van der Waals surface area contributed by atoms with Gasteiger partial charge in [0.25, 0.3) is 0 Å². The van der Waals surface area contributed by atoms with Gasteiger partial charge >= 0.3 is 0 Å². The van der Waals surface area contributed by atoms with Crippen molar-refractivity contribution in [3.8, 4) is 0 Å². The molecule has 0 saturated heterocycles. The molecule has 3 saturated carbocycles. The first-order chi connectivity index (χ1) is 9.79. The number of hydrogen-bond acceptors (Lipinski definition) is 1. The molecule has 1 aromatic rings. The van der Waals surface area contributed by atoms with Crippen LogP contribution in [-0.2, 0) is 0 Å². The molecule has 5 atom stereocenters. The fraction of sp³-hybridized carbons (Fsp3) is 0.684. The molecule has 1 heteroatoms. The molecule has 0 amide bonds. The van der Waals surface area contributed by atoms with Crippen LogP contribution >= 0.6 is 0 Å². The van der Waals surface area contributed by atoms with Crippen LogP contribution in [0.5, 0.6) is 0 Å². The van der Waals surface area contributed by atoms with Gasteiger partial charge in [-0.15, -0.1) is 0 Å². The lowest BCUT2D eigenvalue weighted by Gasteiger charge is -2.22. The highest BCUT2D eigenvalue weighted by atomic mass is 15.0. The molecule has 20 heavy (non-hydrogen) atoms. The Morgan fingerprint density at radius 1 is 1.10 bits per heavy atom. The Kier molecular flexibility index (Phi) is 3.14. The quantitative estimate of drug-likeness (QED) is 0.839. The summed E-state index contributed by atoms with van der Waals surface area (Å²) < 4.78 is 0. The smallest absolute Gasteiger partial charge is 0.0354 e. The second kappa shape index (κ2) is 4.87. The Labute approximate surface area is 123 Å². The van der Waals surface area contributed by atoms with E-state index in [0.29, 0.717) is 6.04 Å². The molecule has 0 aliphatic heterocycles. The van der Waals surface area contributed by atoms with Crippen LogP contribution in [0.15, 0.2) is 24.3 Å².